The van der Waals surface area contributed by atoms with Gasteiger partial charge in [0.05, 0.1) is 111 Å². The van der Waals surface area contributed by atoms with E-state index in [1.54, 1.807) is 24.3 Å². The van der Waals surface area contributed by atoms with Crippen molar-refractivity contribution in [3.8, 4) is 5.75 Å². The van der Waals surface area contributed by atoms with E-state index in [9.17, 15) is 39.0 Å². The quantitative estimate of drug-likeness (QED) is 0.0365. The summed E-state index contributed by atoms with van der Waals surface area (Å²) in [5.41, 5.74) is -2.77. The second-order valence-electron chi connectivity index (χ2n) is 26.2. The lowest BCUT2D eigenvalue weighted by Crippen LogP contribution is -2.46. The van der Waals surface area contributed by atoms with Crippen LogP contribution in [-0.2, 0) is 66.7 Å². The minimum atomic E-state index is -1.08. The normalized spacial score (nSPS) is 33.9. The number of hydrogen-bond donors (Lipinski definition) is 2. The van der Waals surface area contributed by atoms with E-state index < -0.39 is 82.1 Å². The minimum Gasteiger partial charge on any atom is -0.491 e. The molecule has 6 bridgehead atoms. The third-order valence-corrected chi connectivity index (χ3v) is 19.2. The average molecular weight is 1170 g/mol. The summed E-state index contributed by atoms with van der Waals surface area (Å²) in [6, 6.07) is 6.92. The van der Waals surface area contributed by atoms with Gasteiger partial charge in [-0.15, -0.1) is 0 Å². The van der Waals surface area contributed by atoms with Crippen molar-refractivity contribution in [1.82, 2.24) is 9.80 Å². The van der Waals surface area contributed by atoms with Crippen LogP contribution in [0.1, 0.15) is 111 Å². The maximum atomic E-state index is 14.1. The Kier molecular flexibility index (Phi) is 18.5. The molecule has 20 nitrogen and oxygen atoms in total. The van der Waals surface area contributed by atoms with Gasteiger partial charge >= 0.3 is 0 Å². The van der Waals surface area contributed by atoms with Crippen LogP contribution < -0.4 is 9.64 Å². The summed E-state index contributed by atoms with van der Waals surface area (Å²) in [6.45, 7) is 11.3. The Morgan fingerprint density at radius 1 is 0.595 bits per heavy atom. The zero-order chi connectivity index (χ0) is 59.0. The molecule has 11 rings (SSSR count). The summed E-state index contributed by atoms with van der Waals surface area (Å²) in [6.07, 6.45) is 21.1. The van der Waals surface area contributed by atoms with E-state index in [0.717, 1.165) is 51.4 Å². The fourth-order valence-corrected chi connectivity index (χ4v) is 15.0. The lowest BCUT2D eigenvalue weighted by atomic mass is 9.76. The number of anilines is 1. The number of rotatable bonds is 37. The van der Waals surface area contributed by atoms with Gasteiger partial charge in [0.25, 0.3) is 0 Å². The molecule has 84 heavy (non-hydrogen) atoms. The SMILES string of the molecule is CCC12C=CC(O1)C1C(=O)N(CCC(C)CC(C)(C)CN3C(=O)C4C5C=CC(COCC(O)COCCCCCCCCCCCCOCC(O)COCC67C=CC(O6)C6C(=O)N(c8ccc(OCC9CO9)cc8)C(=O)C67)(O5)C4C3=O)C(=O)C12. The van der Waals surface area contributed by atoms with Crippen LogP contribution in [-0.4, -0.2) is 188 Å². The molecule has 10 heterocycles. The first-order chi connectivity index (χ1) is 40.5. The molecule has 16 unspecified atom stereocenters. The largest absolute Gasteiger partial charge is 0.491 e. The van der Waals surface area contributed by atoms with Crippen molar-refractivity contribution >= 4 is 41.1 Å². The van der Waals surface area contributed by atoms with Crippen molar-refractivity contribution in [3.63, 3.8) is 0 Å². The first kappa shape index (κ1) is 60.9. The van der Waals surface area contributed by atoms with Gasteiger partial charge < -0.3 is 52.8 Å². The fourth-order valence-electron chi connectivity index (χ4n) is 15.0. The smallest absolute Gasteiger partial charge is 0.241 e. The Balaban J connectivity index is 0.486. The van der Waals surface area contributed by atoms with Gasteiger partial charge in [-0.25, -0.2) is 4.90 Å². The molecule has 7 fully saturated rings. The average Bonchev–Trinajstić information content (AvgIpc) is 1.92. The molecule has 20 heteroatoms. The highest BCUT2D eigenvalue weighted by Gasteiger charge is 2.70. The molecule has 0 spiro atoms. The predicted octanol–water partition coefficient (Wildman–Crippen LogP) is 5.44. The molecule has 1 aromatic rings. The Bertz CT molecular complexity index is 2680. The number of amides is 6. The van der Waals surface area contributed by atoms with Crippen LogP contribution in [0.4, 0.5) is 5.69 Å². The lowest BCUT2D eigenvalue weighted by Gasteiger charge is -2.34. The number of carbonyl (C=O) groups is 6. The molecule has 0 aliphatic carbocycles. The summed E-state index contributed by atoms with van der Waals surface area (Å²) in [5, 5.41) is 21.3. The molecule has 6 amide bonds. The highest BCUT2D eigenvalue weighted by atomic mass is 16.6. The van der Waals surface area contributed by atoms with Crippen LogP contribution in [0.2, 0.25) is 0 Å². The molecular weight excluding hydrogens is 1080 g/mol. The summed E-state index contributed by atoms with van der Waals surface area (Å²) in [4.78, 5) is 86.2. The van der Waals surface area contributed by atoms with Gasteiger partial charge in [0.15, 0.2) is 0 Å². The van der Waals surface area contributed by atoms with Gasteiger partial charge in [0, 0.05) is 26.3 Å². The number of hydrogen-bond acceptors (Lipinski definition) is 17. The number of ether oxygens (including phenoxy) is 9. The Morgan fingerprint density at radius 3 is 1.58 bits per heavy atom. The third kappa shape index (κ3) is 12.3. The molecule has 10 aliphatic heterocycles. The summed E-state index contributed by atoms with van der Waals surface area (Å²) in [7, 11) is 0. The zero-order valence-corrected chi connectivity index (χ0v) is 49.3. The van der Waals surface area contributed by atoms with E-state index in [4.69, 9.17) is 42.6 Å². The maximum Gasteiger partial charge on any atom is 0.241 e. The zero-order valence-electron chi connectivity index (χ0n) is 49.3. The number of fused-ring (bicyclic) bond motifs is 15. The Labute approximate surface area is 492 Å². The number of aliphatic hydroxyl groups excluding tert-OH is 2. The highest BCUT2D eigenvalue weighted by Crippen LogP contribution is 2.56. The van der Waals surface area contributed by atoms with Crippen molar-refractivity contribution in [3.05, 3.63) is 60.7 Å². The van der Waals surface area contributed by atoms with Gasteiger partial charge in [-0.3, -0.25) is 38.6 Å². The van der Waals surface area contributed by atoms with E-state index >= 15 is 0 Å². The number of unbranched alkanes of at least 4 members (excludes halogenated alkanes) is 9. The summed E-state index contributed by atoms with van der Waals surface area (Å²) in [5.74, 6) is -4.21. The van der Waals surface area contributed by atoms with E-state index in [2.05, 4.69) is 6.92 Å². The molecule has 1 aromatic carbocycles. The second-order valence-corrected chi connectivity index (χ2v) is 26.2. The number of likely N-dealkylation sites (tertiary alicyclic amines) is 2. The van der Waals surface area contributed by atoms with E-state index in [1.165, 1.54) is 27.5 Å². The Hall–Kier alpha value is -4.74. The van der Waals surface area contributed by atoms with Gasteiger partial charge in [0.2, 0.25) is 35.4 Å². The third-order valence-electron chi connectivity index (χ3n) is 19.2. The first-order valence-electron chi connectivity index (χ1n) is 31.2. The van der Waals surface area contributed by atoms with Crippen LogP contribution in [0.5, 0.6) is 5.75 Å². The van der Waals surface area contributed by atoms with Crippen LogP contribution in [0.25, 0.3) is 0 Å². The molecule has 0 aromatic heterocycles. The summed E-state index contributed by atoms with van der Waals surface area (Å²) >= 11 is 0. The van der Waals surface area contributed by atoms with E-state index in [0.29, 0.717) is 63.7 Å². The molecule has 16 atom stereocenters. The lowest BCUT2D eigenvalue weighted by molar-refractivity contribution is -0.149. The van der Waals surface area contributed by atoms with Gasteiger partial charge in [-0.1, -0.05) is 116 Å². The molecule has 7 saturated heterocycles. The molecule has 10 aliphatic rings. The van der Waals surface area contributed by atoms with Crippen molar-refractivity contribution in [2.24, 2.45) is 46.8 Å². The number of benzene rings is 1. The van der Waals surface area contributed by atoms with Crippen molar-refractivity contribution in [1.29, 1.82) is 0 Å². The fraction of sp³-hybridized carbons (Fsp3) is 0.719. The number of carbonyl (C=O) groups excluding carboxylic acids is 6. The van der Waals surface area contributed by atoms with Gasteiger partial charge in [0.1, 0.15) is 41.9 Å². The number of imide groups is 3. The maximum absolute atomic E-state index is 14.1. The van der Waals surface area contributed by atoms with Crippen LogP contribution in [0, 0.1) is 46.8 Å². The Morgan fingerprint density at radius 2 is 1.05 bits per heavy atom. The van der Waals surface area contributed by atoms with Crippen molar-refractivity contribution in [2.45, 2.75) is 165 Å². The molecular formula is C64H87N3O17. The van der Waals surface area contributed by atoms with Crippen LogP contribution in [0.15, 0.2) is 60.7 Å². The first-order valence-corrected chi connectivity index (χ1v) is 31.2. The number of aliphatic hydroxyl groups is 2. The van der Waals surface area contributed by atoms with Crippen molar-refractivity contribution in [2.75, 3.05) is 84.1 Å². The molecule has 0 saturated carbocycles. The van der Waals surface area contributed by atoms with Crippen molar-refractivity contribution < 1.29 is 81.6 Å². The van der Waals surface area contributed by atoms with Crippen LogP contribution in [0.3, 0.4) is 0 Å². The molecule has 2 N–H and O–H groups in total. The molecule has 460 valence electrons. The van der Waals surface area contributed by atoms with Gasteiger partial charge in [-0.05, 0) is 67.7 Å². The highest BCUT2D eigenvalue weighted by molar-refractivity contribution is 6.23. The van der Waals surface area contributed by atoms with E-state index in [1.807, 2.05) is 57.2 Å². The predicted molar refractivity (Wildman–Crippen MR) is 303 cm³/mol. The van der Waals surface area contributed by atoms with Crippen LogP contribution >= 0.6 is 0 Å². The second kappa shape index (κ2) is 25.5. The monoisotopic (exact) mass is 1170 g/mol. The van der Waals surface area contributed by atoms with E-state index in [-0.39, 0.29) is 99.8 Å². The molecule has 0 radical (unpaired) electrons. The minimum absolute atomic E-state index is 0.00444. The topological polar surface area (TPSA) is 239 Å². The number of nitrogens with zero attached hydrogens (tertiary/aromatic N) is 3. The number of epoxide rings is 1. The van der Waals surface area contributed by atoms with Gasteiger partial charge in [-0.2, -0.15) is 0 Å². The summed E-state index contributed by atoms with van der Waals surface area (Å²) < 4.78 is 52.8. The standard InChI is InChI=1S/C64H87N3O17/c1-5-62-24-20-46(82-62)49-52(62)58(73)65(55(49)70)27-23-40(2)30-61(3,4)37-66-56(71)50-47-21-25-63(83-47,53(50)59(66)74)38-78-33-42(68)31-76-28-14-12-10-8-6-7-9-11-13-15-29-77-32-43(69)34-79-39-64-26-22-48(84-64)51-54(64)60(75)67(57(51)72)41-16-18-44(19-17-41)80-35-45-36-81-45/h16-22,24-26,40,42-43,45-54,68-69H,5-15,23,27-39H2,1-4H3.